The van der Waals surface area contributed by atoms with Gasteiger partial charge in [-0.25, -0.2) is 9.13 Å². The highest BCUT2D eigenvalue weighted by Crippen LogP contribution is 2.45. The summed E-state index contributed by atoms with van der Waals surface area (Å²) in [5.41, 5.74) is 0. The van der Waals surface area contributed by atoms with E-state index in [-0.39, 0.29) is 25.7 Å². The topological polar surface area (TPSA) is 237 Å². The van der Waals surface area contributed by atoms with Gasteiger partial charge in [-0.2, -0.15) is 0 Å². The number of rotatable bonds is 74. The maximum Gasteiger partial charge on any atom is 0.472 e. The molecule has 0 rings (SSSR count). The molecule has 0 radical (unpaired) electrons. The van der Waals surface area contributed by atoms with E-state index in [1.54, 1.807) is 0 Å². The third-order valence-electron chi connectivity index (χ3n) is 17.3. The molecular formula is C74H144O17P2. The maximum absolute atomic E-state index is 13.1. The maximum atomic E-state index is 13.1. The highest BCUT2D eigenvalue weighted by molar-refractivity contribution is 7.47. The lowest BCUT2D eigenvalue weighted by Gasteiger charge is -2.21. The third kappa shape index (κ3) is 68.4. The van der Waals surface area contributed by atoms with Crippen molar-refractivity contribution in [3.05, 3.63) is 0 Å². The van der Waals surface area contributed by atoms with Gasteiger partial charge in [0.25, 0.3) is 0 Å². The molecule has 0 heterocycles. The molecule has 93 heavy (non-hydrogen) atoms. The number of ether oxygens (including phenoxy) is 4. The van der Waals surface area contributed by atoms with Crippen LogP contribution in [0.1, 0.15) is 388 Å². The van der Waals surface area contributed by atoms with Crippen LogP contribution in [0.5, 0.6) is 0 Å². The smallest absolute Gasteiger partial charge is 0.462 e. The number of carbonyl (C=O) groups excluding carboxylic acids is 4. The number of hydrogen-bond donors (Lipinski definition) is 3. The predicted molar refractivity (Wildman–Crippen MR) is 377 cm³/mol. The number of aliphatic hydroxyl groups excluding tert-OH is 1. The van der Waals surface area contributed by atoms with Gasteiger partial charge in [0.1, 0.15) is 19.3 Å². The fourth-order valence-electron chi connectivity index (χ4n) is 11.4. The van der Waals surface area contributed by atoms with Gasteiger partial charge in [-0.3, -0.25) is 37.3 Å². The number of esters is 4. The summed E-state index contributed by atoms with van der Waals surface area (Å²) in [6, 6.07) is 0. The lowest BCUT2D eigenvalue weighted by Crippen LogP contribution is -2.30. The van der Waals surface area contributed by atoms with Crippen LogP contribution in [0.25, 0.3) is 0 Å². The van der Waals surface area contributed by atoms with E-state index in [9.17, 15) is 43.2 Å². The predicted octanol–water partition coefficient (Wildman–Crippen LogP) is 21.7. The van der Waals surface area contributed by atoms with Gasteiger partial charge in [-0.15, -0.1) is 0 Å². The average molecular weight is 1370 g/mol. The Morgan fingerprint density at radius 2 is 0.495 bits per heavy atom. The molecule has 17 nitrogen and oxygen atoms in total. The van der Waals surface area contributed by atoms with E-state index < -0.39 is 97.5 Å². The van der Waals surface area contributed by atoms with Crippen molar-refractivity contribution in [3.63, 3.8) is 0 Å². The highest BCUT2D eigenvalue weighted by atomic mass is 31.2. The van der Waals surface area contributed by atoms with Crippen LogP contribution in [0.2, 0.25) is 0 Å². The second-order valence-electron chi connectivity index (χ2n) is 27.2. The normalized spacial score (nSPS) is 14.0. The minimum Gasteiger partial charge on any atom is -0.462 e. The summed E-state index contributed by atoms with van der Waals surface area (Å²) >= 11 is 0. The standard InChI is InChI=1S/C74H144O17P2/c1-6-9-12-15-18-20-22-24-31-34-38-43-48-53-58-72(77)85-64-70(91-74(79)60-55-50-45-40-36-32-28-26-25-27-30-33-37-42-46-51-56-67(4)5)66-89-93(82,83)87-62-68(75)61-86-92(80,81)88-65-69(63-84-71(76)57-52-47-41-17-14-11-8-3)90-73(78)59-54-49-44-39-35-29-23-21-19-16-13-10-7-2/h67-70,75H,6-66H2,1-5H3,(H,80,81)(H,82,83)/t68-,69+,70+/m0/s1. The van der Waals surface area contributed by atoms with Crippen molar-refractivity contribution in [1.82, 2.24) is 0 Å². The molecule has 552 valence electrons. The van der Waals surface area contributed by atoms with E-state index in [0.29, 0.717) is 25.7 Å². The first-order valence-corrected chi connectivity index (χ1v) is 41.6. The molecule has 0 aromatic rings. The second kappa shape index (κ2) is 67.3. The van der Waals surface area contributed by atoms with E-state index in [2.05, 4.69) is 34.6 Å². The summed E-state index contributed by atoms with van der Waals surface area (Å²) in [5, 5.41) is 10.6. The number of unbranched alkanes of at least 4 members (excludes halogenated alkanes) is 46. The molecule has 0 aliphatic heterocycles. The quantitative estimate of drug-likeness (QED) is 0.0222. The van der Waals surface area contributed by atoms with Crippen LogP contribution in [-0.2, 0) is 65.4 Å². The molecule has 5 atom stereocenters. The lowest BCUT2D eigenvalue weighted by molar-refractivity contribution is -0.161. The molecule has 19 heteroatoms. The first-order valence-electron chi connectivity index (χ1n) is 38.6. The van der Waals surface area contributed by atoms with Crippen molar-refractivity contribution in [3.8, 4) is 0 Å². The van der Waals surface area contributed by atoms with E-state index in [1.807, 2.05) is 0 Å². The summed E-state index contributed by atoms with van der Waals surface area (Å²) < 4.78 is 68.3. The zero-order chi connectivity index (χ0) is 68.4. The van der Waals surface area contributed by atoms with Crippen molar-refractivity contribution in [2.45, 2.75) is 406 Å². The molecule has 0 aromatic carbocycles. The SMILES string of the molecule is CCCCCCCCCCCCCCCCC(=O)OC[C@H](COP(=O)(O)OC[C@@H](O)COP(=O)(O)OC[C@@H](COC(=O)CCCCCCCCC)OC(=O)CCCCCCCCCCCCCCC)OC(=O)CCCCCCCCCCCCCCCCCCC(C)C. The molecule has 2 unspecified atom stereocenters. The molecule has 0 aromatic heterocycles. The van der Waals surface area contributed by atoms with Gasteiger partial charge < -0.3 is 33.8 Å². The summed E-state index contributed by atoms with van der Waals surface area (Å²) in [6.45, 7) is 7.27. The summed E-state index contributed by atoms with van der Waals surface area (Å²) in [4.78, 5) is 72.6. The van der Waals surface area contributed by atoms with Crippen LogP contribution >= 0.6 is 15.6 Å². The van der Waals surface area contributed by atoms with Gasteiger partial charge in [0.15, 0.2) is 12.2 Å². The molecular weight excluding hydrogens is 1220 g/mol. The van der Waals surface area contributed by atoms with E-state index in [1.165, 1.54) is 199 Å². The Morgan fingerprint density at radius 1 is 0.290 bits per heavy atom. The Hall–Kier alpha value is -1.94. The third-order valence-corrected chi connectivity index (χ3v) is 19.2. The largest absolute Gasteiger partial charge is 0.472 e. The van der Waals surface area contributed by atoms with Crippen LogP contribution in [0, 0.1) is 5.92 Å². The number of phosphoric acid groups is 2. The summed E-state index contributed by atoms with van der Waals surface area (Å²) in [6.07, 6.45) is 55.5. The molecule has 0 spiro atoms. The van der Waals surface area contributed by atoms with Gasteiger partial charge >= 0.3 is 39.5 Å². The van der Waals surface area contributed by atoms with Gasteiger partial charge in [0, 0.05) is 25.7 Å². The van der Waals surface area contributed by atoms with E-state index in [0.717, 1.165) is 109 Å². The first-order chi connectivity index (χ1) is 45.0. The monoisotopic (exact) mass is 1370 g/mol. The molecule has 0 aliphatic rings. The van der Waals surface area contributed by atoms with Crippen molar-refractivity contribution in [2.24, 2.45) is 5.92 Å². The number of hydrogen-bond acceptors (Lipinski definition) is 15. The molecule has 0 amide bonds. The van der Waals surface area contributed by atoms with Crippen molar-refractivity contribution in [1.29, 1.82) is 0 Å². The number of phosphoric ester groups is 2. The molecule has 0 saturated carbocycles. The first kappa shape index (κ1) is 91.1. The zero-order valence-electron chi connectivity index (χ0n) is 60.4. The van der Waals surface area contributed by atoms with Gasteiger partial charge in [0.05, 0.1) is 26.4 Å². The van der Waals surface area contributed by atoms with Crippen LogP contribution in [0.15, 0.2) is 0 Å². The lowest BCUT2D eigenvalue weighted by atomic mass is 10.0. The van der Waals surface area contributed by atoms with Crippen LogP contribution in [0.3, 0.4) is 0 Å². The Balaban J connectivity index is 5.18. The fourth-order valence-corrected chi connectivity index (χ4v) is 12.9. The Morgan fingerprint density at radius 3 is 0.731 bits per heavy atom. The Labute approximate surface area is 568 Å². The highest BCUT2D eigenvalue weighted by Gasteiger charge is 2.30. The van der Waals surface area contributed by atoms with Gasteiger partial charge in [-0.1, -0.05) is 336 Å². The second-order valence-corrected chi connectivity index (χ2v) is 30.1. The van der Waals surface area contributed by atoms with Crippen molar-refractivity contribution in [2.75, 3.05) is 39.6 Å². The van der Waals surface area contributed by atoms with Crippen molar-refractivity contribution >= 4 is 39.5 Å². The zero-order valence-corrected chi connectivity index (χ0v) is 62.2. The number of carbonyl (C=O) groups is 4. The summed E-state index contributed by atoms with van der Waals surface area (Å²) in [7, 11) is -9.90. The van der Waals surface area contributed by atoms with E-state index in [4.69, 9.17) is 37.0 Å². The van der Waals surface area contributed by atoms with Crippen LogP contribution in [0.4, 0.5) is 0 Å². The summed E-state index contributed by atoms with van der Waals surface area (Å²) in [5.74, 6) is -1.31. The molecule has 3 N–H and O–H groups in total. The van der Waals surface area contributed by atoms with Crippen LogP contribution in [-0.4, -0.2) is 96.7 Å². The van der Waals surface area contributed by atoms with Crippen LogP contribution < -0.4 is 0 Å². The van der Waals surface area contributed by atoms with Gasteiger partial charge in [0.2, 0.25) is 0 Å². The molecule has 0 bridgehead atoms. The van der Waals surface area contributed by atoms with Crippen molar-refractivity contribution < 1.29 is 80.2 Å². The molecule has 0 saturated heterocycles. The average Bonchev–Trinajstić information content (AvgIpc) is 2.60. The van der Waals surface area contributed by atoms with E-state index >= 15 is 0 Å². The number of aliphatic hydroxyl groups is 1. The molecule has 0 aliphatic carbocycles. The minimum atomic E-state index is -4.95. The van der Waals surface area contributed by atoms with Gasteiger partial charge in [-0.05, 0) is 31.6 Å². The molecule has 0 fully saturated rings. The fraction of sp³-hybridized carbons (Fsp3) is 0.946. The Bertz CT molecular complexity index is 1790. The minimum absolute atomic E-state index is 0.108. The Kier molecular flexibility index (Phi) is 65.9.